The van der Waals surface area contributed by atoms with Gasteiger partial charge in [0.15, 0.2) is 0 Å². The van der Waals surface area contributed by atoms with Crippen LogP contribution in [0.25, 0.3) is 10.9 Å². The second-order valence-electron chi connectivity index (χ2n) is 8.94. The van der Waals surface area contributed by atoms with Gasteiger partial charge >= 0.3 is 6.03 Å². The number of carbonyl (C=O) groups is 1. The summed E-state index contributed by atoms with van der Waals surface area (Å²) in [4.78, 5) is 32.7. The highest BCUT2D eigenvalue weighted by Crippen LogP contribution is 2.33. The van der Waals surface area contributed by atoms with Crippen molar-refractivity contribution < 1.29 is 4.79 Å². The molecule has 3 rings (SSSR count). The molecule has 0 saturated carbocycles. The van der Waals surface area contributed by atoms with E-state index >= 15 is 0 Å². The first kappa shape index (κ1) is 23.5. The number of nitrogens with zero attached hydrogens (tertiary/aromatic N) is 3. The number of nitrogens with one attached hydrogen (secondary N) is 1. The first-order valence-electron chi connectivity index (χ1n) is 11.3. The molecule has 0 saturated heterocycles. The van der Waals surface area contributed by atoms with Crippen LogP contribution in [0.4, 0.5) is 10.5 Å². The van der Waals surface area contributed by atoms with Gasteiger partial charge in [-0.3, -0.25) is 9.36 Å². The van der Waals surface area contributed by atoms with E-state index in [0.29, 0.717) is 23.1 Å². The van der Waals surface area contributed by atoms with Crippen LogP contribution in [-0.2, 0) is 7.05 Å². The van der Waals surface area contributed by atoms with Crippen LogP contribution in [0.3, 0.4) is 0 Å². The van der Waals surface area contributed by atoms with Crippen LogP contribution < -0.4 is 10.9 Å². The van der Waals surface area contributed by atoms with Crippen molar-refractivity contribution in [2.75, 3.05) is 12.4 Å². The fourth-order valence-corrected chi connectivity index (χ4v) is 4.19. The first-order valence-corrected chi connectivity index (χ1v) is 11.3. The highest BCUT2D eigenvalue weighted by Gasteiger charge is 2.26. The lowest BCUT2D eigenvalue weighted by Gasteiger charge is -2.29. The van der Waals surface area contributed by atoms with Crippen molar-refractivity contribution >= 4 is 22.6 Å². The molecule has 170 valence electrons. The molecule has 0 aliphatic carbocycles. The summed E-state index contributed by atoms with van der Waals surface area (Å²) in [7, 11) is 3.48. The zero-order chi connectivity index (χ0) is 23.6. The molecular weight excluding hydrogens is 400 g/mol. The van der Waals surface area contributed by atoms with E-state index in [4.69, 9.17) is 4.98 Å². The number of carbonyl (C=O) groups excluding carboxylic acids is 1. The molecule has 2 aromatic carbocycles. The van der Waals surface area contributed by atoms with Crippen molar-refractivity contribution in [1.29, 1.82) is 0 Å². The molecule has 0 aliphatic heterocycles. The third-order valence-electron chi connectivity index (χ3n) is 6.10. The summed E-state index contributed by atoms with van der Waals surface area (Å²) in [6.07, 6.45) is 0.630. The molecule has 1 aromatic heterocycles. The lowest BCUT2D eigenvalue weighted by atomic mass is 9.93. The second kappa shape index (κ2) is 9.55. The van der Waals surface area contributed by atoms with Gasteiger partial charge in [-0.05, 0) is 41.5 Å². The van der Waals surface area contributed by atoms with E-state index < -0.39 is 0 Å². The van der Waals surface area contributed by atoms with Gasteiger partial charge in [0.25, 0.3) is 5.56 Å². The summed E-state index contributed by atoms with van der Waals surface area (Å²) in [5, 5.41) is 3.75. The zero-order valence-corrected chi connectivity index (χ0v) is 20.1. The van der Waals surface area contributed by atoms with Crippen LogP contribution in [-0.4, -0.2) is 27.5 Å². The minimum Gasteiger partial charge on any atom is -0.317 e. The SMILES string of the molecule is CCC(c1nc2ccccc2c(=O)n1C)N(C)C(=O)Nc1c(C(C)C)cccc1C(C)C. The largest absolute Gasteiger partial charge is 0.322 e. The van der Waals surface area contributed by atoms with Crippen LogP contribution in [0.1, 0.15) is 75.9 Å². The van der Waals surface area contributed by atoms with Crippen LogP contribution in [0.5, 0.6) is 0 Å². The average molecular weight is 435 g/mol. The van der Waals surface area contributed by atoms with Crippen LogP contribution in [0.15, 0.2) is 47.3 Å². The molecular formula is C26H34N4O2. The average Bonchev–Trinajstić information content (AvgIpc) is 2.77. The lowest BCUT2D eigenvalue weighted by molar-refractivity contribution is 0.198. The highest BCUT2D eigenvalue weighted by atomic mass is 16.2. The van der Waals surface area contributed by atoms with Gasteiger partial charge in [-0.25, -0.2) is 9.78 Å². The topological polar surface area (TPSA) is 67.2 Å². The van der Waals surface area contributed by atoms with Gasteiger partial charge < -0.3 is 10.2 Å². The third-order valence-corrected chi connectivity index (χ3v) is 6.10. The maximum absolute atomic E-state index is 13.4. The Morgan fingerprint density at radius 2 is 1.62 bits per heavy atom. The predicted molar refractivity (Wildman–Crippen MR) is 131 cm³/mol. The molecule has 0 bridgehead atoms. The molecule has 1 N–H and O–H groups in total. The summed E-state index contributed by atoms with van der Waals surface area (Å²) >= 11 is 0. The number of aromatic nitrogens is 2. The van der Waals surface area contributed by atoms with Crippen molar-refractivity contribution in [3.05, 3.63) is 69.8 Å². The molecule has 1 heterocycles. The molecule has 6 nitrogen and oxygen atoms in total. The number of fused-ring (bicyclic) bond motifs is 1. The van der Waals surface area contributed by atoms with Crippen molar-refractivity contribution in [3.63, 3.8) is 0 Å². The Labute approximate surface area is 190 Å². The van der Waals surface area contributed by atoms with Gasteiger partial charge in [0.1, 0.15) is 5.82 Å². The van der Waals surface area contributed by atoms with Gasteiger partial charge in [0.05, 0.1) is 16.9 Å². The van der Waals surface area contributed by atoms with E-state index in [1.807, 2.05) is 31.2 Å². The number of anilines is 1. The lowest BCUT2D eigenvalue weighted by Crippen LogP contribution is -2.38. The zero-order valence-electron chi connectivity index (χ0n) is 20.1. The smallest absolute Gasteiger partial charge is 0.317 e. The Bertz CT molecular complexity index is 1150. The van der Waals surface area contributed by atoms with Gasteiger partial charge in [0, 0.05) is 19.8 Å². The quantitative estimate of drug-likeness (QED) is 0.533. The maximum atomic E-state index is 13.4. The van der Waals surface area contributed by atoms with Crippen LogP contribution in [0, 0.1) is 0 Å². The summed E-state index contributed by atoms with van der Waals surface area (Å²) in [6, 6.07) is 12.9. The third kappa shape index (κ3) is 4.40. The molecule has 0 spiro atoms. The number of hydrogen-bond acceptors (Lipinski definition) is 3. The molecule has 32 heavy (non-hydrogen) atoms. The number of rotatable bonds is 6. The fraction of sp³-hybridized carbons (Fsp3) is 0.423. The second-order valence-corrected chi connectivity index (χ2v) is 8.94. The first-order chi connectivity index (χ1) is 15.2. The normalized spacial score (nSPS) is 12.4. The van der Waals surface area contributed by atoms with E-state index in [-0.39, 0.29) is 29.5 Å². The van der Waals surface area contributed by atoms with E-state index in [1.54, 1.807) is 29.6 Å². The monoisotopic (exact) mass is 434 g/mol. The number of para-hydroxylation sites is 2. The van der Waals surface area contributed by atoms with Crippen molar-refractivity contribution in [2.24, 2.45) is 7.05 Å². The van der Waals surface area contributed by atoms with Crippen molar-refractivity contribution in [1.82, 2.24) is 14.5 Å². The minimum atomic E-state index is -0.342. The molecule has 2 amide bonds. The Morgan fingerprint density at radius 3 is 2.19 bits per heavy atom. The Morgan fingerprint density at radius 1 is 1.03 bits per heavy atom. The van der Waals surface area contributed by atoms with Crippen molar-refractivity contribution in [2.45, 2.75) is 58.9 Å². The highest BCUT2D eigenvalue weighted by molar-refractivity contribution is 5.91. The van der Waals surface area contributed by atoms with Crippen LogP contribution >= 0.6 is 0 Å². The fourth-order valence-electron chi connectivity index (χ4n) is 4.19. The molecule has 1 atom stereocenters. The number of amides is 2. The predicted octanol–water partition coefficient (Wildman–Crippen LogP) is 5.80. The van der Waals surface area contributed by atoms with Gasteiger partial charge in [-0.2, -0.15) is 0 Å². The standard InChI is InChI=1S/C26H34N4O2/c1-8-22(24-27-21-15-10-9-12-20(21)25(31)30(24)7)29(6)26(32)28-23-18(16(2)3)13-11-14-19(23)17(4)5/h9-17,22H,8H2,1-7H3,(H,28,32). The maximum Gasteiger partial charge on any atom is 0.322 e. The summed E-state index contributed by atoms with van der Waals surface area (Å²) in [6.45, 7) is 10.5. The van der Waals surface area contributed by atoms with Crippen LogP contribution in [0.2, 0.25) is 0 Å². The van der Waals surface area contributed by atoms with E-state index in [0.717, 1.165) is 16.8 Å². The summed E-state index contributed by atoms with van der Waals surface area (Å²) < 4.78 is 1.56. The number of urea groups is 1. The van der Waals surface area contributed by atoms with E-state index in [9.17, 15) is 9.59 Å². The molecule has 3 aromatic rings. The van der Waals surface area contributed by atoms with Gasteiger partial charge in [0.2, 0.25) is 0 Å². The van der Waals surface area contributed by atoms with Crippen molar-refractivity contribution in [3.8, 4) is 0 Å². The number of benzene rings is 2. The number of hydrogen-bond donors (Lipinski definition) is 1. The Hall–Kier alpha value is -3.15. The molecule has 0 aliphatic rings. The van der Waals surface area contributed by atoms with Gasteiger partial charge in [-0.15, -0.1) is 0 Å². The minimum absolute atomic E-state index is 0.106. The van der Waals surface area contributed by atoms with E-state index in [1.165, 1.54) is 0 Å². The summed E-state index contributed by atoms with van der Waals surface area (Å²) in [5.41, 5.74) is 3.64. The molecule has 6 heteroatoms. The summed E-state index contributed by atoms with van der Waals surface area (Å²) in [5.74, 6) is 1.13. The molecule has 0 fully saturated rings. The van der Waals surface area contributed by atoms with Gasteiger partial charge in [-0.1, -0.05) is 65.0 Å². The van der Waals surface area contributed by atoms with E-state index in [2.05, 4.69) is 45.1 Å². The Balaban J connectivity index is 2.00. The molecule has 0 radical (unpaired) electrons. The molecule has 1 unspecified atom stereocenters. The Kier molecular flexibility index (Phi) is 7.02.